The maximum absolute atomic E-state index is 12.3. The molecule has 1 amide bonds. The van der Waals surface area contributed by atoms with E-state index in [1.807, 2.05) is 31.2 Å². The second kappa shape index (κ2) is 7.40. The predicted molar refractivity (Wildman–Crippen MR) is 84.4 cm³/mol. The molecule has 0 aliphatic carbocycles. The van der Waals surface area contributed by atoms with Crippen LogP contribution in [0.5, 0.6) is 5.88 Å². The number of hydrogen-bond donors (Lipinski definition) is 2. The highest BCUT2D eigenvalue weighted by molar-refractivity contribution is 5.94. The zero-order chi connectivity index (χ0) is 16.8. The number of hydrogen-bond acceptors (Lipinski definition) is 4. The molecule has 1 heterocycles. The molecule has 1 aromatic heterocycles. The van der Waals surface area contributed by atoms with Crippen LogP contribution in [-0.2, 0) is 4.79 Å². The number of carboxylic acids is 1. The van der Waals surface area contributed by atoms with E-state index in [1.54, 1.807) is 12.1 Å². The standard InChI is InChI=1S/C17H18N2O4/c1-11-5-3-4-6-13(11)14(9-16(20)21)19-17(22)12-7-8-15(23-2)18-10-12/h3-8,10,14H,9H2,1-2H3,(H,19,22)(H,20,21). The fourth-order valence-corrected chi connectivity index (χ4v) is 2.27. The Morgan fingerprint density at radius 2 is 2.00 bits per heavy atom. The number of pyridine rings is 1. The summed E-state index contributed by atoms with van der Waals surface area (Å²) in [6, 6.07) is 9.93. The SMILES string of the molecule is COc1ccc(C(=O)NC(CC(=O)O)c2ccccc2C)cn1. The number of aryl methyl sites for hydroxylation is 1. The van der Waals surface area contributed by atoms with Crippen molar-refractivity contribution < 1.29 is 19.4 Å². The molecule has 0 aliphatic heterocycles. The number of carbonyl (C=O) groups excluding carboxylic acids is 1. The molecule has 0 aliphatic rings. The first-order valence-corrected chi connectivity index (χ1v) is 7.09. The van der Waals surface area contributed by atoms with Crippen molar-refractivity contribution in [1.29, 1.82) is 0 Å². The molecular weight excluding hydrogens is 296 g/mol. The number of benzene rings is 1. The molecule has 1 unspecified atom stereocenters. The number of carboxylic acid groups (broad SMARTS) is 1. The third-order valence-electron chi connectivity index (χ3n) is 3.46. The molecule has 23 heavy (non-hydrogen) atoms. The highest BCUT2D eigenvalue weighted by Gasteiger charge is 2.20. The van der Waals surface area contributed by atoms with Gasteiger partial charge in [0.2, 0.25) is 5.88 Å². The van der Waals surface area contributed by atoms with E-state index in [0.29, 0.717) is 11.4 Å². The lowest BCUT2D eigenvalue weighted by Gasteiger charge is -2.19. The van der Waals surface area contributed by atoms with Crippen LogP contribution >= 0.6 is 0 Å². The summed E-state index contributed by atoms with van der Waals surface area (Å²) in [4.78, 5) is 27.4. The van der Waals surface area contributed by atoms with Crippen LogP contribution in [-0.4, -0.2) is 29.1 Å². The minimum absolute atomic E-state index is 0.194. The summed E-state index contributed by atoms with van der Waals surface area (Å²) >= 11 is 0. The second-order valence-corrected chi connectivity index (χ2v) is 5.07. The Balaban J connectivity index is 2.21. The van der Waals surface area contributed by atoms with Crippen LogP contribution in [0.3, 0.4) is 0 Å². The second-order valence-electron chi connectivity index (χ2n) is 5.07. The molecular formula is C17H18N2O4. The zero-order valence-electron chi connectivity index (χ0n) is 12.9. The van der Waals surface area contributed by atoms with Gasteiger partial charge in [-0.3, -0.25) is 9.59 Å². The number of carbonyl (C=O) groups is 2. The van der Waals surface area contributed by atoms with Gasteiger partial charge in [-0.25, -0.2) is 4.98 Å². The molecule has 0 radical (unpaired) electrons. The van der Waals surface area contributed by atoms with Crippen LogP contribution in [0.1, 0.15) is 33.9 Å². The first-order chi connectivity index (χ1) is 11.0. The highest BCUT2D eigenvalue weighted by atomic mass is 16.5. The molecule has 1 atom stereocenters. The number of nitrogens with one attached hydrogen (secondary N) is 1. The Morgan fingerprint density at radius 1 is 1.26 bits per heavy atom. The van der Waals surface area contributed by atoms with Gasteiger partial charge >= 0.3 is 5.97 Å². The molecule has 6 heteroatoms. The Kier molecular flexibility index (Phi) is 5.30. The lowest BCUT2D eigenvalue weighted by molar-refractivity contribution is -0.137. The number of aliphatic carboxylic acids is 1. The summed E-state index contributed by atoms with van der Waals surface area (Å²) in [6.07, 6.45) is 1.20. The van der Waals surface area contributed by atoms with E-state index in [1.165, 1.54) is 13.3 Å². The van der Waals surface area contributed by atoms with Crippen LogP contribution < -0.4 is 10.1 Å². The Morgan fingerprint density at radius 3 is 2.57 bits per heavy atom. The Labute approximate surface area is 134 Å². The van der Waals surface area contributed by atoms with Gasteiger partial charge in [0.15, 0.2) is 0 Å². The van der Waals surface area contributed by atoms with Gasteiger partial charge in [0.25, 0.3) is 5.91 Å². The fraction of sp³-hybridized carbons (Fsp3) is 0.235. The van der Waals surface area contributed by atoms with Gasteiger partial charge in [-0.15, -0.1) is 0 Å². The summed E-state index contributed by atoms with van der Waals surface area (Å²) in [6.45, 7) is 1.88. The van der Waals surface area contributed by atoms with Gasteiger partial charge < -0.3 is 15.2 Å². The molecule has 2 aromatic rings. The average molecular weight is 314 g/mol. The number of amides is 1. The van der Waals surface area contributed by atoms with Gasteiger partial charge in [0, 0.05) is 12.3 Å². The van der Waals surface area contributed by atoms with Crippen LogP contribution in [0.15, 0.2) is 42.6 Å². The van der Waals surface area contributed by atoms with Crippen LogP contribution in [0.2, 0.25) is 0 Å². The van der Waals surface area contributed by atoms with Gasteiger partial charge in [0.05, 0.1) is 25.1 Å². The average Bonchev–Trinajstić information content (AvgIpc) is 2.54. The maximum Gasteiger partial charge on any atom is 0.305 e. The van der Waals surface area contributed by atoms with Crippen molar-refractivity contribution in [3.05, 3.63) is 59.3 Å². The summed E-state index contributed by atoms with van der Waals surface area (Å²) < 4.78 is 4.95. The van der Waals surface area contributed by atoms with E-state index < -0.39 is 12.0 Å². The first-order valence-electron chi connectivity index (χ1n) is 7.09. The number of methoxy groups -OCH3 is 1. The van der Waals surface area contributed by atoms with Crippen molar-refractivity contribution in [2.75, 3.05) is 7.11 Å². The largest absolute Gasteiger partial charge is 0.481 e. The van der Waals surface area contributed by atoms with E-state index in [9.17, 15) is 9.59 Å². The lowest BCUT2D eigenvalue weighted by atomic mass is 9.98. The molecule has 0 fully saturated rings. The Hall–Kier alpha value is -2.89. The van der Waals surface area contributed by atoms with E-state index in [4.69, 9.17) is 9.84 Å². The minimum Gasteiger partial charge on any atom is -0.481 e. The van der Waals surface area contributed by atoms with Crippen molar-refractivity contribution in [2.24, 2.45) is 0 Å². The summed E-state index contributed by atoms with van der Waals surface area (Å²) in [5, 5.41) is 11.9. The Bertz CT molecular complexity index is 698. The number of nitrogens with zero attached hydrogens (tertiary/aromatic N) is 1. The van der Waals surface area contributed by atoms with Crippen molar-refractivity contribution in [3.8, 4) is 5.88 Å². The molecule has 1 aromatic carbocycles. The quantitative estimate of drug-likeness (QED) is 0.854. The third kappa shape index (κ3) is 4.29. The van der Waals surface area contributed by atoms with E-state index in [-0.39, 0.29) is 12.3 Å². The molecule has 120 valence electrons. The van der Waals surface area contributed by atoms with Crippen molar-refractivity contribution in [2.45, 2.75) is 19.4 Å². The van der Waals surface area contributed by atoms with E-state index in [2.05, 4.69) is 10.3 Å². The number of aromatic nitrogens is 1. The van der Waals surface area contributed by atoms with Crippen LogP contribution in [0, 0.1) is 6.92 Å². The molecule has 0 spiro atoms. The maximum atomic E-state index is 12.3. The third-order valence-corrected chi connectivity index (χ3v) is 3.46. The van der Waals surface area contributed by atoms with Gasteiger partial charge in [0.1, 0.15) is 0 Å². The molecule has 2 N–H and O–H groups in total. The van der Waals surface area contributed by atoms with Crippen LogP contribution in [0.4, 0.5) is 0 Å². The highest BCUT2D eigenvalue weighted by Crippen LogP contribution is 2.21. The molecule has 2 rings (SSSR count). The topological polar surface area (TPSA) is 88.5 Å². The van der Waals surface area contributed by atoms with Gasteiger partial charge in [-0.1, -0.05) is 24.3 Å². The summed E-state index contributed by atoms with van der Waals surface area (Å²) in [7, 11) is 1.49. The summed E-state index contributed by atoms with van der Waals surface area (Å²) in [5.74, 6) is -0.955. The zero-order valence-corrected chi connectivity index (χ0v) is 12.9. The van der Waals surface area contributed by atoms with Crippen molar-refractivity contribution in [1.82, 2.24) is 10.3 Å². The monoisotopic (exact) mass is 314 g/mol. The molecule has 0 saturated carbocycles. The lowest BCUT2D eigenvalue weighted by Crippen LogP contribution is -2.30. The van der Waals surface area contributed by atoms with E-state index in [0.717, 1.165) is 11.1 Å². The number of ether oxygens (including phenoxy) is 1. The van der Waals surface area contributed by atoms with Gasteiger partial charge in [-0.05, 0) is 24.1 Å². The predicted octanol–water partition coefficient (Wildman–Crippen LogP) is 2.34. The molecule has 0 saturated heterocycles. The first kappa shape index (κ1) is 16.5. The smallest absolute Gasteiger partial charge is 0.305 e. The van der Waals surface area contributed by atoms with Crippen molar-refractivity contribution in [3.63, 3.8) is 0 Å². The molecule has 6 nitrogen and oxygen atoms in total. The van der Waals surface area contributed by atoms with E-state index >= 15 is 0 Å². The minimum atomic E-state index is -0.980. The normalized spacial score (nSPS) is 11.6. The number of rotatable bonds is 6. The molecule has 0 bridgehead atoms. The van der Waals surface area contributed by atoms with Crippen molar-refractivity contribution >= 4 is 11.9 Å². The summed E-state index contributed by atoms with van der Waals surface area (Å²) in [5.41, 5.74) is 2.05. The van der Waals surface area contributed by atoms with Crippen LogP contribution in [0.25, 0.3) is 0 Å². The fourth-order valence-electron chi connectivity index (χ4n) is 2.27. The van der Waals surface area contributed by atoms with Gasteiger partial charge in [-0.2, -0.15) is 0 Å².